The fraction of sp³-hybridized carbons (Fsp3) is 0.395. The number of nitrogens with zero attached hydrogens (tertiary/aromatic N) is 5. The zero-order chi connectivity index (χ0) is 37.1. The molecule has 0 saturated carbocycles. The van der Waals surface area contributed by atoms with Gasteiger partial charge in [0, 0.05) is 49.4 Å². The van der Waals surface area contributed by atoms with Crippen molar-refractivity contribution in [2.75, 3.05) is 33.3 Å². The summed E-state index contributed by atoms with van der Waals surface area (Å²) in [7, 11) is 1.63. The van der Waals surface area contributed by atoms with Gasteiger partial charge in [0.15, 0.2) is 5.58 Å². The molecular formula is C43H43N5O6. The molecule has 2 aromatic heterocycles. The predicted octanol–water partition coefficient (Wildman–Crippen LogP) is 6.77. The number of oxazole rings is 1. The number of aliphatic hydroxyl groups is 1. The molecule has 276 valence electrons. The molecule has 0 radical (unpaired) electrons. The number of nitriles is 1. The highest BCUT2D eigenvalue weighted by atomic mass is 16.5. The Morgan fingerprint density at radius 1 is 0.963 bits per heavy atom. The number of methoxy groups -OCH3 is 1. The van der Waals surface area contributed by atoms with E-state index in [-0.39, 0.29) is 24.2 Å². The lowest BCUT2D eigenvalue weighted by molar-refractivity contribution is -0.141. The second kappa shape index (κ2) is 13.9. The van der Waals surface area contributed by atoms with E-state index in [1.165, 1.54) is 5.56 Å². The molecule has 4 atom stereocenters. The van der Waals surface area contributed by atoms with Crippen molar-refractivity contribution in [3.8, 4) is 40.4 Å². The third kappa shape index (κ3) is 5.99. The van der Waals surface area contributed by atoms with Gasteiger partial charge in [0.05, 0.1) is 19.1 Å². The maximum Gasteiger partial charge on any atom is 0.307 e. The Hall–Kier alpha value is -5.28. The lowest BCUT2D eigenvalue weighted by atomic mass is 9.91. The Balaban J connectivity index is 0.990. The van der Waals surface area contributed by atoms with E-state index in [0.29, 0.717) is 60.4 Å². The number of carbonyl (C=O) groups is 1. The van der Waals surface area contributed by atoms with Gasteiger partial charge in [-0.1, -0.05) is 30.3 Å². The Labute approximate surface area is 313 Å². The molecule has 11 heteroatoms. The van der Waals surface area contributed by atoms with Gasteiger partial charge in [-0.05, 0) is 109 Å². The Kier molecular flexibility index (Phi) is 8.85. The highest BCUT2D eigenvalue weighted by Gasteiger charge is 2.38. The average molecular weight is 726 g/mol. The van der Waals surface area contributed by atoms with Crippen molar-refractivity contribution in [2.24, 2.45) is 5.92 Å². The highest BCUT2D eigenvalue weighted by molar-refractivity contribution is 5.86. The molecule has 54 heavy (non-hydrogen) atoms. The molecule has 5 aromatic rings. The number of β-amino-alcohol motifs (C(OH)–C–C–N with tert-alkyl or cyclic N) is 1. The Morgan fingerprint density at radius 2 is 1.78 bits per heavy atom. The molecule has 2 N–H and O–H groups in total. The molecule has 0 amide bonds. The number of aliphatic carboxylic acids is 1. The fourth-order valence-electron chi connectivity index (χ4n) is 9.32. The number of carboxylic acid groups (broad SMARTS) is 1. The summed E-state index contributed by atoms with van der Waals surface area (Å²) >= 11 is 0. The fourth-order valence-corrected chi connectivity index (χ4v) is 9.32. The second-order valence-corrected chi connectivity index (χ2v) is 15.2. The third-order valence-corrected chi connectivity index (χ3v) is 12.1. The number of carboxylic acids is 1. The summed E-state index contributed by atoms with van der Waals surface area (Å²) in [6, 6.07) is 21.0. The van der Waals surface area contributed by atoms with Gasteiger partial charge in [0.25, 0.3) is 0 Å². The van der Waals surface area contributed by atoms with Crippen LogP contribution in [-0.2, 0) is 24.2 Å². The molecule has 3 aromatic carbocycles. The summed E-state index contributed by atoms with van der Waals surface area (Å²) in [6.45, 7) is 5.53. The van der Waals surface area contributed by atoms with E-state index in [9.17, 15) is 20.3 Å². The molecule has 2 fully saturated rings. The van der Waals surface area contributed by atoms with E-state index in [0.717, 1.165) is 89.7 Å². The zero-order valence-electron chi connectivity index (χ0n) is 30.5. The largest absolute Gasteiger partial charge is 0.481 e. The van der Waals surface area contributed by atoms with Crippen LogP contribution in [-0.4, -0.2) is 75.3 Å². The third-order valence-electron chi connectivity index (χ3n) is 12.1. The van der Waals surface area contributed by atoms with Crippen LogP contribution >= 0.6 is 0 Å². The first-order valence-electron chi connectivity index (χ1n) is 19.0. The molecule has 1 unspecified atom stereocenters. The van der Waals surface area contributed by atoms with Gasteiger partial charge in [0.1, 0.15) is 23.3 Å². The van der Waals surface area contributed by atoms with Crippen molar-refractivity contribution < 1.29 is 28.9 Å². The lowest BCUT2D eigenvalue weighted by Crippen LogP contribution is -2.26. The number of ether oxygens (including phenoxy) is 2. The summed E-state index contributed by atoms with van der Waals surface area (Å²) in [6.07, 6.45) is 4.28. The molecule has 0 bridgehead atoms. The number of hydrogen-bond acceptors (Lipinski definition) is 10. The first kappa shape index (κ1) is 34.5. The van der Waals surface area contributed by atoms with Crippen molar-refractivity contribution in [2.45, 2.75) is 70.2 Å². The van der Waals surface area contributed by atoms with Crippen LogP contribution < -0.4 is 9.47 Å². The number of likely N-dealkylation sites (tertiary alicyclic amines) is 2. The zero-order valence-corrected chi connectivity index (χ0v) is 30.5. The van der Waals surface area contributed by atoms with Gasteiger partial charge in [-0.2, -0.15) is 10.2 Å². The smallest absolute Gasteiger partial charge is 0.307 e. The monoisotopic (exact) mass is 725 g/mol. The van der Waals surface area contributed by atoms with Crippen LogP contribution in [0.4, 0.5) is 0 Å². The van der Waals surface area contributed by atoms with Crippen LogP contribution in [0.2, 0.25) is 0 Å². The van der Waals surface area contributed by atoms with Gasteiger partial charge in [0.2, 0.25) is 17.7 Å². The van der Waals surface area contributed by atoms with Crippen LogP contribution in [0.3, 0.4) is 0 Å². The van der Waals surface area contributed by atoms with E-state index < -0.39 is 5.97 Å². The van der Waals surface area contributed by atoms with Crippen LogP contribution in [0.5, 0.6) is 11.8 Å². The SMILES string of the molecule is COc1nc(O[C@H]2CCc3c(-c4cccc(-c5nc6cc7c(c(C#N)c6o5)CCC7N5CC[C@@H](C(=O)O)C5)c4C)cccc32)ccc1CN1CC[C@@H](O)C1. The maximum absolute atomic E-state index is 11.7. The lowest BCUT2D eigenvalue weighted by Gasteiger charge is -2.24. The van der Waals surface area contributed by atoms with Crippen molar-refractivity contribution in [3.63, 3.8) is 0 Å². The van der Waals surface area contributed by atoms with Crippen molar-refractivity contribution >= 4 is 17.1 Å². The van der Waals surface area contributed by atoms with Crippen LogP contribution in [0.25, 0.3) is 33.7 Å². The number of rotatable bonds is 9. The summed E-state index contributed by atoms with van der Waals surface area (Å²) in [5.74, 6) is 0.443. The first-order chi connectivity index (χ1) is 26.3. The Bertz CT molecular complexity index is 2330. The van der Waals surface area contributed by atoms with Crippen LogP contribution in [0.1, 0.15) is 76.8 Å². The van der Waals surface area contributed by atoms with Crippen molar-refractivity contribution in [3.05, 3.63) is 93.5 Å². The number of pyridine rings is 1. The van der Waals surface area contributed by atoms with Gasteiger partial charge in [-0.3, -0.25) is 14.6 Å². The molecule has 9 rings (SSSR count). The summed E-state index contributed by atoms with van der Waals surface area (Å²) in [5, 5.41) is 29.9. The molecule has 2 saturated heterocycles. The number of benzene rings is 3. The average Bonchev–Trinajstić information content (AvgIpc) is 4.02. The molecular weight excluding hydrogens is 683 g/mol. The summed E-state index contributed by atoms with van der Waals surface area (Å²) in [5.41, 5.74) is 11.3. The second-order valence-electron chi connectivity index (χ2n) is 15.2. The van der Waals surface area contributed by atoms with Crippen molar-refractivity contribution in [1.29, 1.82) is 5.26 Å². The van der Waals surface area contributed by atoms with E-state index >= 15 is 0 Å². The molecule has 4 aliphatic rings. The number of aliphatic hydroxyl groups excluding tert-OH is 1. The minimum absolute atomic E-state index is 0.0758. The number of aromatic nitrogens is 2. The predicted molar refractivity (Wildman–Crippen MR) is 201 cm³/mol. The molecule has 4 heterocycles. The number of hydrogen-bond donors (Lipinski definition) is 2. The van der Waals surface area contributed by atoms with E-state index in [2.05, 4.69) is 53.1 Å². The highest BCUT2D eigenvalue weighted by Crippen LogP contribution is 2.45. The summed E-state index contributed by atoms with van der Waals surface area (Å²) < 4.78 is 18.6. The summed E-state index contributed by atoms with van der Waals surface area (Å²) in [4.78, 5) is 25.8. The standard InChI is InChI=1S/C43H43N5O6/c1-24-28(30-7-4-8-33-31(30)11-13-38(33)53-39-14-9-25(41(46-39)52-2)21-47-17-16-27(49)23-47)5-3-6-29(24)42-45-36-19-34-32(35(20-44)40(36)54-42)10-12-37(34)48-18-15-26(22-48)43(50)51/h3-9,14,19,26-27,37-38,49H,10-13,15-18,21-23H2,1-2H3,(H,50,51)/t26-,27-,37?,38+/m1/s1. The van der Waals surface area contributed by atoms with Crippen LogP contribution in [0, 0.1) is 24.2 Å². The van der Waals surface area contributed by atoms with Crippen LogP contribution in [0.15, 0.2) is 59.0 Å². The van der Waals surface area contributed by atoms with Gasteiger partial charge in [-0.15, -0.1) is 0 Å². The molecule has 0 spiro atoms. The van der Waals surface area contributed by atoms with Gasteiger partial charge < -0.3 is 24.1 Å². The van der Waals surface area contributed by atoms with E-state index in [1.54, 1.807) is 7.11 Å². The van der Waals surface area contributed by atoms with Crippen molar-refractivity contribution in [1.82, 2.24) is 19.8 Å². The topological polar surface area (TPSA) is 145 Å². The van der Waals surface area contributed by atoms with E-state index in [4.69, 9.17) is 23.9 Å². The Morgan fingerprint density at radius 3 is 2.56 bits per heavy atom. The number of fused-ring (bicyclic) bond motifs is 3. The first-order valence-corrected chi connectivity index (χ1v) is 19.0. The van der Waals surface area contributed by atoms with Gasteiger partial charge in [-0.25, -0.2) is 4.98 Å². The maximum atomic E-state index is 11.7. The minimum Gasteiger partial charge on any atom is -0.481 e. The molecule has 2 aliphatic carbocycles. The van der Waals surface area contributed by atoms with E-state index in [1.807, 2.05) is 24.3 Å². The minimum atomic E-state index is -0.743. The molecule has 11 nitrogen and oxygen atoms in total. The van der Waals surface area contributed by atoms with Gasteiger partial charge >= 0.3 is 5.97 Å². The quantitative estimate of drug-likeness (QED) is 0.166. The normalized spacial score (nSPS) is 22.4. The molecule has 2 aliphatic heterocycles.